The lowest BCUT2D eigenvalue weighted by Gasteiger charge is -2.26. The number of hydrogen-bond acceptors (Lipinski definition) is 4. The summed E-state index contributed by atoms with van der Waals surface area (Å²) in [5.41, 5.74) is 0.311. The maximum atomic E-state index is 12.2. The van der Waals surface area contributed by atoms with Crippen LogP contribution in [-0.4, -0.2) is 33.7 Å². The third-order valence-electron chi connectivity index (χ3n) is 2.93. The van der Waals surface area contributed by atoms with Gasteiger partial charge in [0.05, 0.1) is 0 Å². The van der Waals surface area contributed by atoms with E-state index in [2.05, 4.69) is 5.32 Å². The molecule has 2 rings (SSSR count). The zero-order chi connectivity index (χ0) is 15.6. The monoisotopic (exact) mass is 306 g/mol. The lowest BCUT2D eigenvalue weighted by molar-refractivity contribution is -0.121. The van der Waals surface area contributed by atoms with Crippen LogP contribution in [0.5, 0.6) is 0 Å². The van der Waals surface area contributed by atoms with Gasteiger partial charge in [0, 0.05) is 6.42 Å². The Balaban J connectivity index is 2.19. The highest BCUT2D eigenvalue weighted by Gasteiger charge is 2.41. The number of carbonyl (C=O) groups is 2. The van der Waals surface area contributed by atoms with E-state index in [0.717, 1.165) is 5.56 Å². The van der Waals surface area contributed by atoms with E-state index in [0.29, 0.717) is 6.42 Å². The highest BCUT2D eigenvalue weighted by molar-refractivity contribution is 7.80. The molecule has 112 valence electrons. The van der Waals surface area contributed by atoms with Gasteiger partial charge in [0.15, 0.2) is 5.11 Å². The number of nitrogens with zero attached hydrogens (tertiary/aromatic N) is 1. The van der Waals surface area contributed by atoms with Gasteiger partial charge in [-0.05, 0) is 38.6 Å². The van der Waals surface area contributed by atoms with E-state index in [1.54, 1.807) is 20.8 Å². The van der Waals surface area contributed by atoms with Gasteiger partial charge in [0.25, 0.3) is 0 Å². The van der Waals surface area contributed by atoms with Crippen LogP contribution in [0.25, 0.3) is 0 Å². The molecular weight excluding hydrogens is 288 g/mol. The van der Waals surface area contributed by atoms with Gasteiger partial charge in [-0.1, -0.05) is 30.3 Å². The van der Waals surface area contributed by atoms with Gasteiger partial charge in [-0.3, -0.25) is 4.79 Å². The van der Waals surface area contributed by atoms with Crippen LogP contribution in [0.3, 0.4) is 0 Å². The van der Waals surface area contributed by atoms with Crippen molar-refractivity contribution in [1.82, 2.24) is 10.2 Å². The zero-order valence-corrected chi connectivity index (χ0v) is 13.1. The summed E-state index contributed by atoms with van der Waals surface area (Å²) in [7, 11) is 0. The Morgan fingerprint density at radius 2 is 1.95 bits per heavy atom. The highest BCUT2D eigenvalue weighted by Crippen LogP contribution is 2.19. The van der Waals surface area contributed by atoms with Crippen LogP contribution in [0.4, 0.5) is 4.79 Å². The predicted octanol–water partition coefficient (Wildman–Crippen LogP) is 2.25. The first-order valence-electron chi connectivity index (χ1n) is 6.69. The second kappa shape index (κ2) is 5.81. The highest BCUT2D eigenvalue weighted by atomic mass is 32.1. The van der Waals surface area contributed by atoms with Gasteiger partial charge in [0.1, 0.15) is 11.6 Å². The zero-order valence-electron chi connectivity index (χ0n) is 12.3. The van der Waals surface area contributed by atoms with E-state index in [9.17, 15) is 9.59 Å². The average Bonchev–Trinajstić information content (AvgIpc) is 2.63. The van der Waals surface area contributed by atoms with Crippen molar-refractivity contribution in [2.75, 3.05) is 0 Å². The summed E-state index contributed by atoms with van der Waals surface area (Å²) in [6, 6.07) is 8.81. The third kappa shape index (κ3) is 3.78. The van der Waals surface area contributed by atoms with Crippen molar-refractivity contribution in [2.24, 2.45) is 0 Å². The molecule has 1 aromatic carbocycles. The molecule has 0 aromatic heterocycles. The number of thiocarbonyl (C=S) groups is 1. The Labute approximate surface area is 129 Å². The molecule has 1 fully saturated rings. The third-order valence-corrected chi connectivity index (χ3v) is 3.22. The summed E-state index contributed by atoms with van der Waals surface area (Å²) in [6.45, 7) is 5.31. The van der Waals surface area contributed by atoms with E-state index in [-0.39, 0.29) is 11.0 Å². The molecule has 1 saturated heterocycles. The molecule has 0 radical (unpaired) electrons. The first-order valence-corrected chi connectivity index (χ1v) is 7.10. The van der Waals surface area contributed by atoms with Crippen molar-refractivity contribution in [3.05, 3.63) is 35.9 Å². The molecule has 1 atom stereocenters. The molecule has 0 bridgehead atoms. The van der Waals surface area contributed by atoms with Crippen molar-refractivity contribution >= 4 is 29.3 Å². The fourth-order valence-electron chi connectivity index (χ4n) is 2.05. The summed E-state index contributed by atoms with van der Waals surface area (Å²) in [4.78, 5) is 25.5. The first-order chi connectivity index (χ1) is 9.78. The average molecular weight is 306 g/mol. The van der Waals surface area contributed by atoms with Gasteiger partial charge in [-0.15, -0.1) is 0 Å². The van der Waals surface area contributed by atoms with Gasteiger partial charge >= 0.3 is 6.09 Å². The Bertz CT molecular complexity index is 566. The Hall–Kier alpha value is -1.95. The quantitative estimate of drug-likeness (QED) is 0.851. The molecule has 6 heteroatoms. The summed E-state index contributed by atoms with van der Waals surface area (Å²) < 4.78 is 5.32. The summed E-state index contributed by atoms with van der Waals surface area (Å²) in [6.07, 6.45) is -0.210. The minimum absolute atomic E-state index is 0.0928. The first kappa shape index (κ1) is 15.4. The minimum atomic E-state index is -0.672. The number of hydrogen-bond donors (Lipinski definition) is 1. The normalized spacial score (nSPS) is 18.6. The number of benzene rings is 1. The van der Waals surface area contributed by atoms with Crippen LogP contribution >= 0.6 is 12.2 Å². The van der Waals surface area contributed by atoms with Crippen LogP contribution in [0.2, 0.25) is 0 Å². The van der Waals surface area contributed by atoms with Crippen LogP contribution in [0.15, 0.2) is 30.3 Å². The van der Waals surface area contributed by atoms with E-state index in [4.69, 9.17) is 17.0 Å². The van der Waals surface area contributed by atoms with Crippen LogP contribution in [0, 0.1) is 0 Å². The second-order valence-corrected chi connectivity index (χ2v) is 6.24. The maximum absolute atomic E-state index is 12.2. The number of amides is 2. The lowest BCUT2D eigenvalue weighted by atomic mass is 10.1. The van der Waals surface area contributed by atoms with Crippen molar-refractivity contribution in [1.29, 1.82) is 0 Å². The Morgan fingerprint density at radius 3 is 2.52 bits per heavy atom. The summed E-state index contributed by atoms with van der Waals surface area (Å²) >= 11 is 5.07. The molecule has 0 unspecified atom stereocenters. The summed E-state index contributed by atoms with van der Waals surface area (Å²) in [5.74, 6) is -0.283. The van der Waals surface area contributed by atoms with Crippen molar-refractivity contribution < 1.29 is 14.3 Å². The number of rotatable bonds is 2. The lowest BCUT2D eigenvalue weighted by Crippen LogP contribution is -2.44. The molecule has 21 heavy (non-hydrogen) atoms. The fourth-order valence-corrected chi connectivity index (χ4v) is 2.35. The number of nitrogens with one attached hydrogen (secondary N) is 1. The topological polar surface area (TPSA) is 58.6 Å². The molecule has 1 heterocycles. The van der Waals surface area contributed by atoms with Crippen LogP contribution in [0.1, 0.15) is 26.3 Å². The molecule has 0 saturated carbocycles. The number of carbonyl (C=O) groups excluding carboxylic acids is 2. The molecule has 1 N–H and O–H groups in total. The van der Waals surface area contributed by atoms with Crippen molar-refractivity contribution in [3.63, 3.8) is 0 Å². The van der Waals surface area contributed by atoms with Gasteiger partial charge in [0.2, 0.25) is 5.91 Å². The second-order valence-electron chi connectivity index (χ2n) is 5.85. The van der Waals surface area contributed by atoms with Gasteiger partial charge in [-0.25, -0.2) is 9.69 Å². The van der Waals surface area contributed by atoms with E-state index in [1.807, 2.05) is 30.3 Å². The van der Waals surface area contributed by atoms with Gasteiger partial charge in [-0.2, -0.15) is 0 Å². The molecular formula is C15H18N2O3S. The number of ether oxygens (including phenoxy) is 1. The maximum Gasteiger partial charge on any atom is 0.417 e. The van der Waals surface area contributed by atoms with E-state index < -0.39 is 17.7 Å². The Morgan fingerprint density at radius 1 is 1.33 bits per heavy atom. The predicted molar refractivity (Wildman–Crippen MR) is 82.7 cm³/mol. The molecule has 2 amide bonds. The minimum Gasteiger partial charge on any atom is -0.443 e. The van der Waals surface area contributed by atoms with Crippen LogP contribution in [-0.2, 0) is 16.0 Å². The Kier molecular flexibility index (Phi) is 4.27. The standard InChI is InChI=1S/C15H18N2O3S/c1-15(2,3)20-14(19)17-11(12(18)16-13(17)21)9-10-7-5-4-6-8-10/h4-8,11H,9H2,1-3H3,(H,16,18,21)/t11-/m0/s1. The summed E-state index contributed by atoms with van der Waals surface area (Å²) in [5, 5.41) is 2.61. The molecule has 1 aliphatic rings. The SMILES string of the molecule is CC(C)(C)OC(=O)N1C(=S)NC(=O)[C@@H]1Cc1ccccc1. The molecule has 1 aliphatic heterocycles. The van der Waals surface area contributed by atoms with Crippen molar-refractivity contribution in [3.8, 4) is 0 Å². The van der Waals surface area contributed by atoms with E-state index in [1.165, 1.54) is 4.90 Å². The molecule has 5 nitrogen and oxygen atoms in total. The molecule has 0 aliphatic carbocycles. The molecule has 0 spiro atoms. The van der Waals surface area contributed by atoms with E-state index >= 15 is 0 Å². The largest absolute Gasteiger partial charge is 0.443 e. The molecule has 1 aromatic rings. The smallest absolute Gasteiger partial charge is 0.417 e. The van der Waals surface area contributed by atoms with Crippen LogP contribution < -0.4 is 5.32 Å². The van der Waals surface area contributed by atoms with Gasteiger partial charge < -0.3 is 10.1 Å². The fraction of sp³-hybridized carbons (Fsp3) is 0.400. The van der Waals surface area contributed by atoms with Crippen molar-refractivity contribution in [2.45, 2.75) is 38.8 Å².